The maximum atomic E-state index is 5.86. The zero-order chi connectivity index (χ0) is 10.6. The zero-order valence-electron chi connectivity index (χ0n) is 8.26. The third kappa shape index (κ3) is 3.03. The molecule has 0 bridgehead atoms. The molecular formula is C10H13Cl2NO. The first-order chi connectivity index (χ1) is 6.67. The smallest absolute Gasteiger partial charge is 0.213 e. The van der Waals surface area contributed by atoms with Gasteiger partial charge in [-0.2, -0.15) is 0 Å². The number of ether oxygens (including phenoxy) is 1. The van der Waals surface area contributed by atoms with Gasteiger partial charge in [-0.05, 0) is 18.9 Å². The van der Waals surface area contributed by atoms with E-state index in [1.165, 1.54) is 0 Å². The van der Waals surface area contributed by atoms with E-state index in [1.807, 2.05) is 6.92 Å². The van der Waals surface area contributed by atoms with Gasteiger partial charge in [0.05, 0.1) is 11.1 Å². The van der Waals surface area contributed by atoms with Gasteiger partial charge in [0.15, 0.2) is 0 Å². The van der Waals surface area contributed by atoms with Crippen LogP contribution in [-0.4, -0.2) is 11.1 Å². The standard InChI is InChI=1S/C10H13Cl2NO/c1-3-7(2)14-10-4-8(5-11)9(12)6-13-10/h4,6-7H,3,5H2,1-2H3. The van der Waals surface area contributed by atoms with Gasteiger partial charge in [0.1, 0.15) is 0 Å². The molecule has 2 nitrogen and oxygen atoms in total. The fourth-order valence-electron chi connectivity index (χ4n) is 0.915. The number of nitrogens with zero attached hydrogens (tertiary/aromatic N) is 1. The molecule has 78 valence electrons. The highest BCUT2D eigenvalue weighted by atomic mass is 35.5. The van der Waals surface area contributed by atoms with Gasteiger partial charge < -0.3 is 4.74 Å². The van der Waals surface area contributed by atoms with Gasteiger partial charge >= 0.3 is 0 Å². The maximum absolute atomic E-state index is 5.86. The van der Waals surface area contributed by atoms with Crippen LogP contribution in [0.3, 0.4) is 0 Å². The maximum Gasteiger partial charge on any atom is 0.213 e. The predicted octanol–water partition coefficient (Wildman–Crippen LogP) is 3.65. The van der Waals surface area contributed by atoms with Gasteiger partial charge in [-0.3, -0.25) is 0 Å². The summed E-state index contributed by atoms with van der Waals surface area (Å²) in [6.45, 7) is 4.06. The number of hydrogen-bond acceptors (Lipinski definition) is 2. The van der Waals surface area contributed by atoms with Crippen LogP contribution in [-0.2, 0) is 5.88 Å². The first kappa shape index (κ1) is 11.6. The van der Waals surface area contributed by atoms with E-state index in [-0.39, 0.29) is 6.10 Å². The number of aromatic nitrogens is 1. The minimum absolute atomic E-state index is 0.159. The van der Waals surface area contributed by atoms with Crippen LogP contribution in [0.5, 0.6) is 5.88 Å². The molecule has 0 saturated carbocycles. The van der Waals surface area contributed by atoms with Crippen LogP contribution < -0.4 is 4.74 Å². The average Bonchev–Trinajstić information content (AvgIpc) is 2.20. The van der Waals surface area contributed by atoms with E-state index in [2.05, 4.69) is 11.9 Å². The summed E-state index contributed by atoms with van der Waals surface area (Å²) in [5.74, 6) is 0.956. The third-order valence-electron chi connectivity index (χ3n) is 1.95. The predicted molar refractivity (Wildman–Crippen MR) is 59.2 cm³/mol. The van der Waals surface area contributed by atoms with Crippen molar-refractivity contribution < 1.29 is 4.74 Å². The van der Waals surface area contributed by atoms with Crippen molar-refractivity contribution in [3.8, 4) is 5.88 Å². The summed E-state index contributed by atoms with van der Waals surface area (Å²) in [5.41, 5.74) is 0.849. The minimum Gasteiger partial charge on any atom is -0.475 e. The molecule has 0 fully saturated rings. The molecule has 4 heteroatoms. The monoisotopic (exact) mass is 233 g/mol. The minimum atomic E-state index is 0.159. The molecule has 1 atom stereocenters. The molecule has 0 aliphatic heterocycles. The first-order valence-electron chi connectivity index (χ1n) is 4.54. The third-order valence-corrected chi connectivity index (χ3v) is 2.58. The molecular weight excluding hydrogens is 221 g/mol. The van der Waals surface area contributed by atoms with Gasteiger partial charge in [0.2, 0.25) is 5.88 Å². The fraction of sp³-hybridized carbons (Fsp3) is 0.500. The molecule has 0 aliphatic rings. The van der Waals surface area contributed by atoms with Gasteiger partial charge in [0, 0.05) is 18.1 Å². The summed E-state index contributed by atoms with van der Waals surface area (Å²) in [5, 5.41) is 0.580. The second-order valence-corrected chi connectivity index (χ2v) is 3.76. The number of rotatable bonds is 4. The van der Waals surface area contributed by atoms with Crippen molar-refractivity contribution in [2.45, 2.75) is 32.3 Å². The van der Waals surface area contributed by atoms with Crippen LogP contribution in [0.4, 0.5) is 0 Å². The molecule has 0 saturated heterocycles. The summed E-state index contributed by atoms with van der Waals surface area (Å²) in [4.78, 5) is 4.06. The molecule has 1 unspecified atom stereocenters. The lowest BCUT2D eigenvalue weighted by Gasteiger charge is -2.12. The van der Waals surface area contributed by atoms with Crippen LogP contribution in [0.2, 0.25) is 5.02 Å². The highest BCUT2D eigenvalue weighted by molar-refractivity contribution is 6.32. The van der Waals surface area contributed by atoms with Gasteiger partial charge in [-0.15, -0.1) is 11.6 Å². The summed E-state index contributed by atoms with van der Waals surface area (Å²) in [6, 6.07) is 1.78. The Bertz CT molecular complexity index is 304. The summed E-state index contributed by atoms with van der Waals surface area (Å²) < 4.78 is 5.53. The zero-order valence-corrected chi connectivity index (χ0v) is 9.77. The van der Waals surface area contributed by atoms with E-state index in [9.17, 15) is 0 Å². The molecule has 0 aromatic carbocycles. The van der Waals surface area contributed by atoms with Crippen molar-refractivity contribution >= 4 is 23.2 Å². The lowest BCUT2D eigenvalue weighted by Crippen LogP contribution is -2.10. The molecule has 1 aromatic heterocycles. The first-order valence-corrected chi connectivity index (χ1v) is 5.45. The summed E-state index contributed by atoms with van der Waals surface area (Å²) in [6.07, 6.45) is 2.67. The average molecular weight is 234 g/mol. The van der Waals surface area contributed by atoms with Crippen LogP contribution in [0.25, 0.3) is 0 Å². The number of pyridine rings is 1. The largest absolute Gasteiger partial charge is 0.475 e. The number of halogens is 2. The van der Waals surface area contributed by atoms with E-state index in [0.29, 0.717) is 16.8 Å². The highest BCUT2D eigenvalue weighted by Gasteiger charge is 2.05. The van der Waals surface area contributed by atoms with Gasteiger partial charge in [-0.1, -0.05) is 18.5 Å². The Kier molecular flexibility index (Phi) is 4.49. The highest BCUT2D eigenvalue weighted by Crippen LogP contribution is 2.21. The second kappa shape index (κ2) is 5.42. The van der Waals surface area contributed by atoms with E-state index in [4.69, 9.17) is 27.9 Å². The molecule has 0 spiro atoms. The topological polar surface area (TPSA) is 22.1 Å². The molecule has 14 heavy (non-hydrogen) atoms. The van der Waals surface area contributed by atoms with E-state index >= 15 is 0 Å². The molecule has 0 aliphatic carbocycles. The second-order valence-electron chi connectivity index (χ2n) is 3.08. The van der Waals surface area contributed by atoms with Crippen molar-refractivity contribution in [3.05, 3.63) is 22.8 Å². The Morgan fingerprint density at radius 3 is 2.86 bits per heavy atom. The van der Waals surface area contributed by atoms with Crippen molar-refractivity contribution in [2.75, 3.05) is 0 Å². The van der Waals surface area contributed by atoms with Gasteiger partial charge in [-0.25, -0.2) is 4.98 Å². The van der Waals surface area contributed by atoms with Crippen molar-refractivity contribution in [3.63, 3.8) is 0 Å². The summed E-state index contributed by atoms with van der Waals surface area (Å²) >= 11 is 11.6. The van der Waals surface area contributed by atoms with Crippen LogP contribution >= 0.6 is 23.2 Å². The molecule has 0 N–H and O–H groups in total. The Labute approximate surface area is 94.2 Å². The molecule has 0 radical (unpaired) electrons. The Morgan fingerprint density at radius 1 is 1.57 bits per heavy atom. The number of alkyl halides is 1. The van der Waals surface area contributed by atoms with Gasteiger partial charge in [0.25, 0.3) is 0 Å². The SMILES string of the molecule is CCC(C)Oc1cc(CCl)c(Cl)cn1. The van der Waals surface area contributed by atoms with E-state index in [1.54, 1.807) is 12.3 Å². The molecule has 1 heterocycles. The van der Waals surface area contributed by atoms with Crippen LogP contribution in [0.1, 0.15) is 25.8 Å². The molecule has 0 amide bonds. The van der Waals surface area contributed by atoms with E-state index in [0.717, 1.165) is 12.0 Å². The van der Waals surface area contributed by atoms with Crippen LogP contribution in [0.15, 0.2) is 12.3 Å². The van der Waals surface area contributed by atoms with Crippen molar-refractivity contribution in [1.29, 1.82) is 0 Å². The van der Waals surface area contributed by atoms with Crippen molar-refractivity contribution in [2.24, 2.45) is 0 Å². The number of hydrogen-bond donors (Lipinski definition) is 0. The normalized spacial score (nSPS) is 12.6. The molecule has 1 aromatic rings. The van der Waals surface area contributed by atoms with Crippen molar-refractivity contribution in [1.82, 2.24) is 4.98 Å². The lowest BCUT2D eigenvalue weighted by molar-refractivity contribution is 0.208. The molecule has 1 rings (SSSR count). The Balaban J connectivity index is 2.79. The quantitative estimate of drug-likeness (QED) is 0.742. The lowest BCUT2D eigenvalue weighted by atomic mass is 10.3. The Morgan fingerprint density at radius 2 is 2.29 bits per heavy atom. The Hall–Kier alpha value is -0.470. The van der Waals surface area contributed by atoms with E-state index < -0.39 is 0 Å². The fourth-order valence-corrected chi connectivity index (χ4v) is 1.37. The van der Waals surface area contributed by atoms with Crippen LogP contribution in [0, 0.1) is 0 Å². The summed E-state index contributed by atoms with van der Waals surface area (Å²) in [7, 11) is 0.